The molecule has 0 fully saturated rings. The standard InChI is InChI=1S/C24H50O/c1-5-9-13-15-17-19-23-25-24(20-11-7-3,21-12-8-4)22-18-16-14-10-6-2/h5-23H2,1-4H3. The normalized spacial score (nSPS) is 12.0. The molecular weight excluding hydrogens is 304 g/mol. The average Bonchev–Trinajstić information content (AvgIpc) is 2.63. The molecule has 0 saturated carbocycles. The molecule has 0 aromatic heterocycles. The zero-order chi connectivity index (χ0) is 18.6. The summed E-state index contributed by atoms with van der Waals surface area (Å²) in [5, 5.41) is 0. The Balaban J connectivity index is 4.33. The molecule has 0 radical (unpaired) electrons. The Kier molecular flexibility index (Phi) is 18.7. The zero-order valence-corrected chi connectivity index (χ0v) is 18.3. The van der Waals surface area contributed by atoms with Crippen molar-refractivity contribution in [2.24, 2.45) is 0 Å². The van der Waals surface area contributed by atoms with Gasteiger partial charge in [-0.2, -0.15) is 0 Å². The van der Waals surface area contributed by atoms with E-state index in [0.29, 0.717) is 0 Å². The molecule has 25 heavy (non-hydrogen) atoms. The van der Waals surface area contributed by atoms with Gasteiger partial charge in [0.25, 0.3) is 0 Å². The molecule has 0 N–H and O–H groups in total. The topological polar surface area (TPSA) is 9.23 Å². The van der Waals surface area contributed by atoms with Crippen molar-refractivity contribution in [3.8, 4) is 0 Å². The van der Waals surface area contributed by atoms with Crippen LogP contribution in [0.4, 0.5) is 0 Å². The summed E-state index contributed by atoms with van der Waals surface area (Å²) in [5.74, 6) is 0. The fraction of sp³-hybridized carbons (Fsp3) is 1.00. The first-order valence-electron chi connectivity index (χ1n) is 11.9. The lowest BCUT2D eigenvalue weighted by molar-refractivity contribution is -0.0689. The van der Waals surface area contributed by atoms with Crippen molar-refractivity contribution in [1.29, 1.82) is 0 Å². The van der Waals surface area contributed by atoms with E-state index in [9.17, 15) is 0 Å². The predicted molar refractivity (Wildman–Crippen MR) is 114 cm³/mol. The Labute approximate surface area is 160 Å². The van der Waals surface area contributed by atoms with Crippen LogP contribution in [0.25, 0.3) is 0 Å². The minimum atomic E-state index is 0.196. The van der Waals surface area contributed by atoms with Crippen molar-refractivity contribution in [3.63, 3.8) is 0 Å². The summed E-state index contributed by atoms with van der Waals surface area (Å²) in [6.07, 6.45) is 24.2. The molecule has 0 aliphatic rings. The Morgan fingerprint density at radius 1 is 0.440 bits per heavy atom. The second kappa shape index (κ2) is 18.7. The minimum absolute atomic E-state index is 0.196. The zero-order valence-electron chi connectivity index (χ0n) is 18.3. The summed E-state index contributed by atoms with van der Waals surface area (Å²) in [6, 6.07) is 0. The highest BCUT2D eigenvalue weighted by molar-refractivity contribution is 4.81. The SMILES string of the molecule is CCCCCCCCOC(CCCC)(CCCC)CCCCCCC. The molecule has 152 valence electrons. The molecule has 0 aromatic rings. The summed E-state index contributed by atoms with van der Waals surface area (Å²) < 4.78 is 6.65. The quantitative estimate of drug-likeness (QED) is 0.198. The summed E-state index contributed by atoms with van der Waals surface area (Å²) in [6.45, 7) is 10.2. The van der Waals surface area contributed by atoms with Crippen LogP contribution < -0.4 is 0 Å². The highest BCUT2D eigenvalue weighted by Gasteiger charge is 2.29. The van der Waals surface area contributed by atoms with E-state index in [2.05, 4.69) is 27.7 Å². The van der Waals surface area contributed by atoms with Gasteiger partial charge in [0.2, 0.25) is 0 Å². The van der Waals surface area contributed by atoms with E-state index in [1.807, 2.05) is 0 Å². The second-order valence-electron chi connectivity index (χ2n) is 8.17. The lowest BCUT2D eigenvalue weighted by Crippen LogP contribution is -2.33. The molecule has 1 nitrogen and oxygen atoms in total. The molecule has 0 rings (SSSR count). The van der Waals surface area contributed by atoms with Gasteiger partial charge in [-0.25, -0.2) is 0 Å². The lowest BCUT2D eigenvalue weighted by Gasteiger charge is -2.35. The van der Waals surface area contributed by atoms with Gasteiger partial charge in [0.05, 0.1) is 5.60 Å². The van der Waals surface area contributed by atoms with Crippen molar-refractivity contribution < 1.29 is 4.74 Å². The molecular formula is C24H50O. The summed E-state index contributed by atoms with van der Waals surface area (Å²) in [4.78, 5) is 0. The first-order chi connectivity index (χ1) is 12.2. The van der Waals surface area contributed by atoms with Gasteiger partial charge in [-0.05, 0) is 25.7 Å². The molecule has 0 heterocycles. The van der Waals surface area contributed by atoms with E-state index >= 15 is 0 Å². The van der Waals surface area contributed by atoms with Crippen LogP contribution in [0.3, 0.4) is 0 Å². The van der Waals surface area contributed by atoms with Crippen LogP contribution in [0.1, 0.15) is 143 Å². The van der Waals surface area contributed by atoms with E-state index in [0.717, 1.165) is 6.61 Å². The van der Waals surface area contributed by atoms with Crippen LogP contribution in [0, 0.1) is 0 Å². The Hall–Kier alpha value is -0.0400. The molecule has 0 amide bonds. The molecule has 0 aromatic carbocycles. The van der Waals surface area contributed by atoms with Crippen LogP contribution in [0.2, 0.25) is 0 Å². The highest BCUT2D eigenvalue weighted by atomic mass is 16.5. The fourth-order valence-corrected chi connectivity index (χ4v) is 3.81. The summed E-state index contributed by atoms with van der Waals surface area (Å²) in [7, 11) is 0. The van der Waals surface area contributed by atoms with Crippen LogP contribution in [0.15, 0.2) is 0 Å². The van der Waals surface area contributed by atoms with E-state index in [4.69, 9.17) is 4.74 Å². The van der Waals surface area contributed by atoms with Crippen molar-refractivity contribution in [1.82, 2.24) is 0 Å². The third-order valence-corrected chi connectivity index (χ3v) is 5.61. The molecule has 0 saturated heterocycles. The maximum absolute atomic E-state index is 6.65. The number of unbranched alkanes of at least 4 members (excludes halogenated alkanes) is 11. The fourth-order valence-electron chi connectivity index (χ4n) is 3.81. The predicted octanol–water partition coefficient (Wildman–Crippen LogP) is 8.84. The molecule has 0 aliphatic carbocycles. The van der Waals surface area contributed by atoms with Crippen molar-refractivity contribution in [3.05, 3.63) is 0 Å². The van der Waals surface area contributed by atoms with Gasteiger partial charge in [-0.3, -0.25) is 0 Å². The third-order valence-electron chi connectivity index (χ3n) is 5.61. The minimum Gasteiger partial charge on any atom is -0.375 e. The second-order valence-corrected chi connectivity index (χ2v) is 8.17. The first-order valence-corrected chi connectivity index (χ1v) is 11.9. The lowest BCUT2D eigenvalue weighted by atomic mass is 9.85. The monoisotopic (exact) mass is 354 g/mol. The van der Waals surface area contributed by atoms with Crippen LogP contribution in [0.5, 0.6) is 0 Å². The molecule has 0 unspecified atom stereocenters. The maximum atomic E-state index is 6.65. The van der Waals surface area contributed by atoms with Gasteiger partial charge in [-0.1, -0.05) is 118 Å². The highest BCUT2D eigenvalue weighted by Crippen LogP contribution is 2.32. The molecule has 0 bridgehead atoms. The molecule has 0 atom stereocenters. The third kappa shape index (κ3) is 14.8. The maximum Gasteiger partial charge on any atom is 0.0682 e. The average molecular weight is 355 g/mol. The molecule has 1 heteroatoms. The Morgan fingerprint density at radius 3 is 1.36 bits per heavy atom. The van der Waals surface area contributed by atoms with E-state index in [-0.39, 0.29) is 5.60 Å². The first kappa shape index (κ1) is 25.0. The van der Waals surface area contributed by atoms with Crippen molar-refractivity contribution in [2.45, 2.75) is 149 Å². The van der Waals surface area contributed by atoms with Crippen molar-refractivity contribution >= 4 is 0 Å². The van der Waals surface area contributed by atoms with Crippen LogP contribution >= 0.6 is 0 Å². The number of rotatable bonds is 20. The van der Waals surface area contributed by atoms with E-state index < -0.39 is 0 Å². The van der Waals surface area contributed by atoms with Crippen LogP contribution in [-0.4, -0.2) is 12.2 Å². The van der Waals surface area contributed by atoms with E-state index in [1.165, 1.54) is 116 Å². The van der Waals surface area contributed by atoms with Gasteiger partial charge in [0.1, 0.15) is 0 Å². The number of hydrogen-bond donors (Lipinski definition) is 0. The largest absolute Gasteiger partial charge is 0.375 e. The van der Waals surface area contributed by atoms with E-state index in [1.54, 1.807) is 0 Å². The molecule has 0 spiro atoms. The van der Waals surface area contributed by atoms with Crippen molar-refractivity contribution in [2.75, 3.05) is 6.61 Å². The summed E-state index contributed by atoms with van der Waals surface area (Å²) >= 11 is 0. The van der Waals surface area contributed by atoms with Crippen LogP contribution in [-0.2, 0) is 4.74 Å². The number of hydrogen-bond acceptors (Lipinski definition) is 1. The van der Waals surface area contributed by atoms with Gasteiger partial charge in [0.15, 0.2) is 0 Å². The summed E-state index contributed by atoms with van der Waals surface area (Å²) in [5.41, 5.74) is 0.196. The molecule has 0 aliphatic heterocycles. The Morgan fingerprint density at radius 2 is 0.840 bits per heavy atom. The van der Waals surface area contributed by atoms with Gasteiger partial charge < -0.3 is 4.74 Å². The van der Waals surface area contributed by atoms with Gasteiger partial charge in [-0.15, -0.1) is 0 Å². The van der Waals surface area contributed by atoms with Gasteiger partial charge in [0, 0.05) is 6.61 Å². The number of ether oxygens (including phenoxy) is 1. The smallest absolute Gasteiger partial charge is 0.0682 e. The van der Waals surface area contributed by atoms with Gasteiger partial charge >= 0.3 is 0 Å². The Bertz CT molecular complexity index is 240.